The molecule has 7 heteroatoms. The third kappa shape index (κ3) is 3.68. The molecule has 116 valence electrons. The second kappa shape index (κ2) is 6.51. The number of carbonyl (C=O) groups is 1. The average molecular weight is 298 g/mol. The molecule has 0 aliphatic rings. The third-order valence-corrected chi connectivity index (χ3v) is 3.27. The summed E-state index contributed by atoms with van der Waals surface area (Å²) in [4.78, 5) is 22.3. The maximum atomic E-state index is 13.5. The first-order chi connectivity index (χ1) is 9.75. The molecule has 0 saturated carbocycles. The number of nitro groups is 1. The summed E-state index contributed by atoms with van der Waals surface area (Å²) < 4.78 is 18.3. The van der Waals surface area contributed by atoms with E-state index in [9.17, 15) is 19.3 Å². The number of carbonyl (C=O) groups excluding carboxylic acids is 1. The van der Waals surface area contributed by atoms with Crippen LogP contribution in [0.25, 0.3) is 0 Å². The topological polar surface area (TPSA) is 81.5 Å². The zero-order valence-corrected chi connectivity index (χ0v) is 12.5. The van der Waals surface area contributed by atoms with Crippen LogP contribution in [-0.2, 0) is 9.53 Å². The SMILES string of the molecule is CCCC(C)(Nc1cc(C)c(F)cc1[N+](=O)[O-])C(=O)OC. The Morgan fingerprint density at radius 2 is 2.14 bits per heavy atom. The van der Waals surface area contributed by atoms with Crippen molar-refractivity contribution in [2.75, 3.05) is 12.4 Å². The van der Waals surface area contributed by atoms with Crippen LogP contribution in [-0.4, -0.2) is 23.5 Å². The smallest absolute Gasteiger partial charge is 0.331 e. The van der Waals surface area contributed by atoms with Gasteiger partial charge >= 0.3 is 5.97 Å². The number of methoxy groups -OCH3 is 1. The fraction of sp³-hybridized carbons (Fsp3) is 0.500. The molecule has 1 unspecified atom stereocenters. The second-order valence-corrected chi connectivity index (χ2v) is 5.07. The van der Waals surface area contributed by atoms with Gasteiger partial charge in [-0.25, -0.2) is 9.18 Å². The highest BCUT2D eigenvalue weighted by Gasteiger charge is 2.35. The molecule has 0 bridgehead atoms. The molecule has 0 spiro atoms. The van der Waals surface area contributed by atoms with E-state index in [0.717, 1.165) is 6.07 Å². The van der Waals surface area contributed by atoms with E-state index in [2.05, 4.69) is 5.32 Å². The lowest BCUT2D eigenvalue weighted by molar-refractivity contribution is -0.384. The van der Waals surface area contributed by atoms with E-state index in [1.54, 1.807) is 6.92 Å². The van der Waals surface area contributed by atoms with E-state index in [0.29, 0.717) is 12.8 Å². The minimum absolute atomic E-state index is 0.0975. The van der Waals surface area contributed by atoms with Gasteiger partial charge in [0.05, 0.1) is 18.1 Å². The van der Waals surface area contributed by atoms with E-state index in [4.69, 9.17) is 4.74 Å². The molecule has 1 rings (SSSR count). The molecule has 1 aromatic carbocycles. The molecule has 0 heterocycles. The van der Waals surface area contributed by atoms with Crippen LogP contribution >= 0.6 is 0 Å². The van der Waals surface area contributed by atoms with Crippen molar-refractivity contribution in [2.45, 2.75) is 39.2 Å². The number of nitro benzene ring substituents is 1. The van der Waals surface area contributed by atoms with Gasteiger partial charge in [0, 0.05) is 0 Å². The zero-order valence-electron chi connectivity index (χ0n) is 12.5. The Labute approximate surface area is 122 Å². The van der Waals surface area contributed by atoms with Gasteiger partial charge in [0.25, 0.3) is 5.69 Å². The highest BCUT2D eigenvalue weighted by Crippen LogP contribution is 2.31. The minimum Gasteiger partial charge on any atom is -0.467 e. The Balaban J connectivity index is 3.29. The quantitative estimate of drug-likeness (QED) is 0.495. The van der Waals surface area contributed by atoms with Crippen molar-refractivity contribution in [3.05, 3.63) is 33.6 Å². The van der Waals surface area contributed by atoms with Crippen molar-refractivity contribution >= 4 is 17.3 Å². The fourth-order valence-corrected chi connectivity index (χ4v) is 2.16. The van der Waals surface area contributed by atoms with Crippen molar-refractivity contribution in [3.63, 3.8) is 0 Å². The van der Waals surface area contributed by atoms with Gasteiger partial charge in [-0.05, 0) is 31.9 Å². The van der Waals surface area contributed by atoms with Crippen LogP contribution in [0.15, 0.2) is 12.1 Å². The highest BCUT2D eigenvalue weighted by molar-refractivity contribution is 5.85. The fourth-order valence-electron chi connectivity index (χ4n) is 2.16. The average Bonchev–Trinajstić information content (AvgIpc) is 2.41. The lowest BCUT2D eigenvalue weighted by atomic mass is 9.95. The molecule has 0 amide bonds. The largest absolute Gasteiger partial charge is 0.467 e. The lowest BCUT2D eigenvalue weighted by Gasteiger charge is -2.28. The van der Waals surface area contributed by atoms with Gasteiger partial charge in [-0.3, -0.25) is 10.1 Å². The molecule has 0 saturated heterocycles. The maximum Gasteiger partial charge on any atom is 0.331 e. The predicted octanol–water partition coefficient (Wildman–Crippen LogP) is 3.19. The van der Waals surface area contributed by atoms with Gasteiger partial charge in [-0.15, -0.1) is 0 Å². The van der Waals surface area contributed by atoms with Crippen LogP contribution in [0.5, 0.6) is 0 Å². The Morgan fingerprint density at radius 1 is 1.52 bits per heavy atom. The minimum atomic E-state index is -1.11. The molecule has 0 aliphatic heterocycles. The van der Waals surface area contributed by atoms with Crippen LogP contribution in [0, 0.1) is 22.9 Å². The summed E-state index contributed by atoms with van der Waals surface area (Å²) in [6.45, 7) is 4.98. The number of rotatable bonds is 6. The number of ether oxygens (including phenoxy) is 1. The van der Waals surface area contributed by atoms with Gasteiger partial charge in [0.15, 0.2) is 0 Å². The number of aryl methyl sites for hydroxylation is 1. The Bertz CT molecular complexity index is 562. The molecular formula is C14H19FN2O4. The normalized spacial score (nSPS) is 13.4. The monoisotopic (exact) mass is 298 g/mol. The summed E-state index contributed by atoms with van der Waals surface area (Å²) in [6.07, 6.45) is 1.10. The van der Waals surface area contributed by atoms with Gasteiger partial charge < -0.3 is 10.1 Å². The molecule has 0 fully saturated rings. The van der Waals surface area contributed by atoms with E-state index in [-0.39, 0.29) is 11.3 Å². The molecule has 21 heavy (non-hydrogen) atoms. The first-order valence-electron chi connectivity index (χ1n) is 6.56. The number of nitrogens with one attached hydrogen (secondary N) is 1. The van der Waals surface area contributed by atoms with Crippen LogP contribution in [0.1, 0.15) is 32.3 Å². The van der Waals surface area contributed by atoms with Crippen LogP contribution < -0.4 is 5.32 Å². The summed E-state index contributed by atoms with van der Waals surface area (Å²) in [6, 6.07) is 2.17. The number of benzene rings is 1. The van der Waals surface area contributed by atoms with Gasteiger partial charge in [-0.2, -0.15) is 0 Å². The first-order valence-corrected chi connectivity index (χ1v) is 6.56. The standard InChI is InChI=1S/C14H19FN2O4/c1-5-6-14(3,13(18)21-4)16-11-7-9(2)10(15)8-12(11)17(19)20/h7-8,16H,5-6H2,1-4H3. The number of nitrogens with zero attached hydrogens (tertiary/aromatic N) is 1. The number of hydrogen-bond donors (Lipinski definition) is 1. The summed E-state index contributed by atoms with van der Waals surface area (Å²) in [5, 5.41) is 13.9. The molecule has 1 aromatic rings. The van der Waals surface area contributed by atoms with Crippen LogP contribution in [0.3, 0.4) is 0 Å². The van der Waals surface area contributed by atoms with Crippen molar-refractivity contribution in [2.24, 2.45) is 0 Å². The number of hydrogen-bond acceptors (Lipinski definition) is 5. The van der Waals surface area contributed by atoms with E-state index in [1.807, 2.05) is 6.92 Å². The Hall–Kier alpha value is -2.18. The third-order valence-electron chi connectivity index (χ3n) is 3.27. The number of halogens is 1. The zero-order chi connectivity index (χ0) is 16.2. The molecule has 1 atom stereocenters. The molecule has 0 aliphatic carbocycles. The number of anilines is 1. The summed E-state index contributed by atoms with van der Waals surface area (Å²) >= 11 is 0. The summed E-state index contributed by atoms with van der Waals surface area (Å²) in [5.74, 6) is -1.19. The lowest BCUT2D eigenvalue weighted by Crippen LogP contribution is -2.44. The molecular weight excluding hydrogens is 279 g/mol. The van der Waals surface area contributed by atoms with Crippen LogP contribution in [0.2, 0.25) is 0 Å². The predicted molar refractivity (Wildman–Crippen MR) is 76.7 cm³/mol. The van der Waals surface area contributed by atoms with Crippen LogP contribution in [0.4, 0.5) is 15.8 Å². The highest BCUT2D eigenvalue weighted by atomic mass is 19.1. The molecule has 1 N–H and O–H groups in total. The maximum absolute atomic E-state index is 13.5. The van der Waals surface area contributed by atoms with Gasteiger partial charge in [0.1, 0.15) is 17.0 Å². The molecule has 0 aromatic heterocycles. The van der Waals surface area contributed by atoms with Crippen molar-refractivity contribution in [1.29, 1.82) is 0 Å². The van der Waals surface area contributed by atoms with E-state index < -0.39 is 27.9 Å². The number of esters is 1. The van der Waals surface area contributed by atoms with Gasteiger partial charge in [0.2, 0.25) is 0 Å². The van der Waals surface area contributed by atoms with E-state index in [1.165, 1.54) is 20.1 Å². The molecule has 6 nitrogen and oxygen atoms in total. The first kappa shape index (κ1) is 16.9. The second-order valence-electron chi connectivity index (χ2n) is 5.07. The van der Waals surface area contributed by atoms with Crippen molar-refractivity contribution < 1.29 is 18.8 Å². The Kier molecular flexibility index (Phi) is 5.23. The van der Waals surface area contributed by atoms with Gasteiger partial charge in [-0.1, -0.05) is 13.3 Å². The van der Waals surface area contributed by atoms with Crippen molar-refractivity contribution in [1.82, 2.24) is 0 Å². The summed E-state index contributed by atoms with van der Waals surface area (Å²) in [5.41, 5.74) is -1.17. The Morgan fingerprint density at radius 3 is 2.62 bits per heavy atom. The van der Waals surface area contributed by atoms with Crippen molar-refractivity contribution in [3.8, 4) is 0 Å². The van der Waals surface area contributed by atoms with E-state index >= 15 is 0 Å². The molecule has 0 radical (unpaired) electrons. The summed E-state index contributed by atoms with van der Waals surface area (Å²) in [7, 11) is 1.25.